The molecule has 2 N–H and O–H groups in total. The molecule has 0 heterocycles. The van der Waals surface area contributed by atoms with E-state index in [1.165, 1.54) is 5.56 Å². The van der Waals surface area contributed by atoms with Gasteiger partial charge in [0, 0.05) is 23.1 Å². The van der Waals surface area contributed by atoms with Crippen LogP contribution in [0.5, 0.6) is 5.75 Å². The second-order valence-electron chi connectivity index (χ2n) is 3.88. The highest BCUT2D eigenvalue weighted by atomic mass is 32.2. The number of nitrogens with one attached hydrogen (secondary N) is 1. The Morgan fingerprint density at radius 1 is 1.33 bits per heavy atom. The third-order valence-corrected chi connectivity index (χ3v) is 3.61. The van der Waals surface area contributed by atoms with Crippen molar-refractivity contribution in [1.82, 2.24) is 5.32 Å². The van der Waals surface area contributed by atoms with Crippen LogP contribution in [-0.4, -0.2) is 36.4 Å². The summed E-state index contributed by atoms with van der Waals surface area (Å²) in [6.45, 7) is 5.94. The molecule has 1 atom stereocenters. The summed E-state index contributed by atoms with van der Waals surface area (Å²) in [4.78, 5) is 0. The summed E-state index contributed by atoms with van der Waals surface area (Å²) in [6.07, 6.45) is 0. The highest BCUT2D eigenvalue weighted by Gasteiger charge is 2.14. The molecular weight excluding hydrogens is 246 g/mol. The van der Waals surface area contributed by atoms with Gasteiger partial charge in [0.1, 0.15) is 5.75 Å². The number of rotatable bonds is 9. The minimum atomic E-state index is 0.233. The van der Waals surface area contributed by atoms with Gasteiger partial charge in [-0.1, -0.05) is 25.1 Å². The largest absolute Gasteiger partial charge is 0.494 e. The summed E-state index contributed by atoms with van der Waals surface area (Å²) < 4.78 is 5.67. The fourth-order valence-corrected chi connectivity index (χ4v) is 2.66. The molecule has 0 aliphatic rings. The lowest BCUT2D eigenvalue weighted by Crippen LogP contribution is -2.24. The van der Waals surface area contributed by atoms with E-state index in [9.17, 15) is 0 Å². The average molecular weight is 269 g/mol. The molecule has 0 fully saturated rings. The SMILES string of the molecule is CCNC(CSCCO)c1ccccc1OCC. The predicted octanol–water partition coefficient (Wildman–Crippen LogP) is 2.46. The maximum absolute atomic E-state index is 8.85. The molecular formula is C14H23NO2S. The van der Waals surface area contributed by atoms with Crippen molar-refractivity contribution < 1.29 is 9.84 Å². The van der Waals surface area contributed by atoms with Crippen molar-refractivity contribution in [1.29, 1.82) is 0 Å². The van der Waals surface area contributed by atoms with Crippen LogP contribution in [0.4, 0.5) is 0 Å². The first-order valence-corrected chi connectivity index (χ1v) is 7.62. The van der Waals surface area contributed by atoms with Gasteiger partial charge in [0.05, 0.1) is 13.2 Å². The van der Waals surface area contributed by atoms with Gasteiger partial charge in [0.25, 0.3) is 0 Å². The van der Waals surface area contributed by atoms with Crippen molar-refractivity contribution in [3.8, 4) is 5.75 Å². The first kappa shape index (κ1) is 15.3. The normalized spacial score (nSPS) is 12.4. The van der Waals surface area contributed by atoms with Crippen molar-refractivity contribution >= 4 is 11.8 Å². The van der Waals surface area contributed by atoms with Crippen LogP contribution in [0.25, 0.3) is 0 Å². The smallest absolute Gasteiger partial charge is 0.124 e. The first-order chi connectivity index (χ1) is 8.83. The van der Waals surface area contributed by atoms with E-state index in [2.05, 4.69) is 18.3 Å². The Hall–Kier alpha value is -0.710. The Morgan fingerprint density at radius 3 is 2.78 bits per heavy atom. The number of hydrogen-bond acceptors (Lipinski definition) is 4. The van der Waals surface area contributed by atoms with Crippen molar-refractivity contribution in [2.75, 3.05) is 31.3 Å². The summed E-state index contributed by atoms with van der Waals surface area (Å²) in [5.41, 5.74) is 1.20. The summed E-state index contributed by atoms with van der Waals surface area (Å²) in [5.74, 6) is 2.67. The third kappa shape index (κ3) is 4.88. The molecule has 0 aliphatic heterocycles. The van der Waals surface area contributed by atoms with Crippen molar-refractivity contribution in [3.63, 3.8) is 0 Å². The first-order valence-electron chi connectivity index (χ1n) is 6.47. The molecule has 0 bridgehead atoms. The maximum atomic E-state index is 8.85. The second kappa shape index (κ2) is 9.25. The summed E-state index contributed by atoms with van der Waals surface area (Å²) in [6, 6.07) is 8.43. The molecule has 3 nitrogen and oxygen atoms in total. The fraction of sp³-hybridized carbons (Fsp3) is 0.571. The number of hydrogen-bond donors (Lipinski definition) is 2. The van der Waals surface area contributed by atoms with E-state index < -0.39 is 0 Å². The summed E-state index contributed by atoms with van der Waals surface area (Å²) in [7, 11) is 0. The lowest BCUT2D eigenvalue weighted by Gasteiger charge is -2.20. The average Bonchev–Trinajstić information content (AvgIpc) is 2.39. The predicted molar refractivity (Wildman–Crippen MR) is 78.4 cm³/mol. The Kier molecular flexibility index (Phi) is 7.89. The van der Waals surface area contributed by atoms with Crippen LogP contribution in [-0.2, 0) is 0 Å². The molecule has 1 unspecified atom stereocenters. The van der Waals surface area contributed by atoms with Crippen molar-refractivity contribution in [3.05, 3.63) is 29.8 Å². The zero-order valence-electron chi connectivity index (χ0n) is 11.2. The summed E-state index contributed by atoms with van der Waals surface area (Å²) in [5, 5.41) is 12.3. The van der Waals surface area contributed by atoms with E-state index in [0.29, 0.717) is 6.61 Å². The van der Waals surface area contributed by atoms with E-state index >= 15 is 0 Å². The van der Waals surface area contributed by atoms with Gasteiger partial charge in [-0.2, -0.15) is 11.8 Å². The number of thioether (sulfide) groups is 1. The van der Waals surface area contributed by atoms with Crippen LogP contribution >= 0.6 is 11.8 Å². The van der Waals surface area contributed by atoms with E-state index in [0.717, 1.165) is 23.8 Å². The van der Waals surface area contributed by atoms with Crippen LogP contribution < -0.4 is 10.1 Å². The second-order valence-corrected chi connectivity index (χ2v) is 5.03. The molecule has 18 heavy (non-hydrogen) atoms. The number of aliphatic hydroxyl groups excluding tert-OH is 1. The Labute approximate surface area is 114 Å². The van der Waals surface area contributed by atoms with Gasteiger partial charge in [0.2, 0.25) is 0 Å². The number of aliphatic hydroxyl groups is 1. The van der Waals surface area contributed by atoms with E-state index in [4.69, 9.17) is 9.84 Å². The number of benzene rings is 1. The molecule has 0 amide bonds. The number of para-hydroxylation sites is 1. The zero-order chi connectivity index (χ0) is 13.2. The minimum Gasteiger partial charge on any atom is -0.494 e. The minimum absolute atomic E-state index is 0.233. The molecule has 0 saturated carbocycles. The highest BCUT2D eigenvalue weighted by Crippen LogP contribution is 2.27. The van der Waals surface area contributed by atoms with Crippen LogP contribution in [0, 0.1) is 0 Å². The zero-order valence-corrected chi connectivity index (χ0v) is 12.0. The van der Waals surface area contributed by atoms with Crippen molar-refractivity contribution in [2.24, 2.45) is 0 Å². The van der Waals surface area contributed by atoms with Crippen LogP contribution in [0.15, 0.2) is 24.3 Å². The van der Waals surface area contributed by atoms with Gasteiger partial charge in [-0.05, 0) is 19.5 Å². The van der Waals surface area contributed by atoms with Gasteiger partial charge in [-0.3, -0.25) is 0 Å². The quantitative estimate of drug-likeness (QED) is 0.676. The Balaban J connectivity index is 2.76. The lowest BCUT2D eigenvalue weighted by molar-refractivity contribution is 0.322. The Bertz CT molecular complexity index is 333. The van der Waals surface area contributed by atoms with E-state index in [1.807, 2.05) is 25.1 Å². The number of ether oxygens (including phenoxy) is 1. The van der Waals surface area contributed by atoms with E-state index in [-0.39, 0.29) is 12.6 Å². The highest BCUT2D eigenvalue weighted by molar-refractivity contribution is 7.99. The molecule has 0 spiro atoms. The van der Waals surface area contributed by atoms with Gasteiger partial charge in [-0.25, -0.2) is 0 Å². The molecule has 0 saturated heterocycles. The van der Waals surface area contributed by atoms with Crippen LogP contribution in [0.3, 0.4) is 0 Å². The van der Waals surface area contributed by atoms with Crippen LogP contribution in [0.1, 0.15) is 25.5 Å². The molecule has 0 aromatic heterocycles. The third-order valence-electron chi connectivity index (χ3n) is 2.56. The maximum Gasteiger partial charge on any atom is 0.124 e. The molecule has 1 rings (SSSR count). The molecule has 0 radical (unpaired) electrons. The molecule has 0 aliphatic carbocycles. The Morgan fingerprint density at radius 2 is 2.11 bits per heavy atom. The standard InChI is InChI=1S/C14H23NO2S/c1-3-15-13(11-18-10-9-16)12-7-5-6-8-14(12)17-4-2/h5-8,13,15-16H,3-4,9-11H2,1-2H3. The molecule has 1 aromatic carbocycles. The summed E-state index contributed by atoms with van der Waals surface area (Å²) >= 11 is 1.75. The lowest BCUT2D eigenvalue weighted by atomic mass is 10.1. The van der Waals surface area contributed by atoms with Gasteiger partial charge in [0.15, 0.2) is 0 Å². The van der Waals surface area contributed by atoms with Gasteiger partial charge in [-0.15, -0.1) is 0 Å². The topological polar surface area (TPSA) is 41.5 Å². The molecule has 4 heteroatoms. The van der Waals surface area contributed by atoms with Crippen molar-refractivity contribution in [2.45, 2.75) is 19.9 Å². The fourth-order valence-electron chi connectivity index (χ4n) is 1.83. The van der Waals surface area contributed by atoms with Gasteiger partial charge < -0.3 is 15.2 Å². The van der Waals surface area contributed by atoms with Gasteiger partial charge >= 0.3 is 0 Å². The van der Waals surface area contributed by atoms with E-state index in [1.54, 1.807) is 11.8 Å². The monoisotopic (exact) mass is 269 g/mol. The molecule has 1 aromatic rings. The molecule has 102 valence electrons. The van der Waals surface area contributed by atoms with Crippen LogP contribution in [0.2, 0.25) is 0 Å².